The van der Waals surface area contributed by atoms with Crippen molar-refractivity contribution >= 4 is 34.7 Å². The first-order valence-electron chi connectivity index (χ1n) is 5.44. The molecule has 0 spiro atoms. The normalized spacial score (nSPS) is 10.0. The molecule has 0 heterocycles. The number of halogens is 2. The Labute approximate surface area is 114 Å². The maximum atomic E-state index is 13.6. The Morgan fingerprint density at radius 2 is 1.89 bits per heavy atom. The average molecular weight is 280 g/mol. The highest BCUT2D eigenvalue weighted by Gasteiger charge is 2.09. The van der Waals surface area contributed by atoms with Gasteiger partial charge in [-0.15, -0.1) is 0 Å². The monoisotopic (exact) mass is 279 g/mol. The maximum absolute atomic E-state index is 13.6. The Bertz CT molecular complexity index is 619. The number of hydrogen-bond donors (Lipinski definition) is 3. The summed E-state index contributed by atoms with van der Waals surface area (Å²) in [5.74, 6) is -0.674. The predicted octanol–water partition coefficient (Wildman–Crippen LogP) is 3.71. The first kappa shape index (κ1) is 13.2. The zero-order valence-electron chi connectivity index (χ0n) is 9.78. The van der Waals surface area contributed by atoms with Crippen LogP contribution in [0.4, 0.5) is 26.2 Å². The van der Waals surface area contributed by atoms with Crippen molar-refractivity contribution in [2.45, 2.75) is 0 Å². The van der Waals surface area contributed by atoms with E-state index in [0.717, 1.165) is 0 Å². The highest BCUT2D eigenvalue weighted by molar-refractivity contribution is 6.31. The molecule has 6 heteroatoms. The van der Waals surface area contributed by atoms with Crippen LogP contribution >= 0.6 is 11.6 Å². The summed E-state index contributed by atoms with van der Waals surface area (Å²) in [4.78, 5) is 11.7. The summed E-state index contributed by atoms with van der Waals surface area (Å²) in [7, 11) is 0. The van der Waals surface area contributed by atoms with Crippen LogP contribution in [0.1, 0.15) is 0 Å². The number of carbonyl (C=O) groups excluding carboxylic acids is 1. The van der Waals surface area contributed by atoms with E-state index in [-0.39, 0.29) is 10.7 Å². The van der Waals surface area contributed by atoms with Crippen molar-refractivity contribution < 1.29 is 9.18 Å². The summed E-state index contributed by atoms with van der Waals surface area (Å²) >= 11 is 5.62. The van der Waals surface area contributed by atoms with Crippen LogP contribution in [0.15, 0.2) is 42.5 Å². The van der Waals surface area contributed by atoms with Crippen molar-refractivity contribution in [1.82, 2.24) is 0 Å². The van der Waals surface area contributed by atoms with E-state index in [1.807, 2.05) is 0 Å². The first-order valence-corrected chi connectivity index (χ1v) is 5.81. The quantitative estimate of drug-likeness (QED) is 0.734. The molecule has 0 aliphatic rings. The molecular weight excluding hydrogens is 269 g/mol. The molecule has 4 nitrogen and oxygen atoms in total. The second-order valence-corrected chi connectivity index (χ2v) is 4.21. The van der Waals surface area contributed by atoms with Gasteiger partial charge in [0.05, 0.1) is 10.7 Å². The number of rotatable bonds is 2. The van der Waals surface area contributed by atoms with Crippen molar-refractivity contribution in [2.75, 3.05) is 16.4 Å². The smallest absolute Gasteiger partial charge is 0.323 e. The van der Waals surface area contributed by atoms with Crippen LogP contribution in [-0.2, 0) is 0 Å². The number of urea groups is 1. The Hall–Kier alpha value is -2.27. The number of anilines is 3. The minimum Gasteiger partial charge on any atom is -0.399 e. The van der Waals surface area contributed by atoms with Gasteiger partial charge in [-0.3, -0.25) is 0 Å². The fraction of sp³-hybridized carbons (Fsp3) is 0. The molecule has 2 rings (SSSR count). The van der Waals surface area contributed by atoms with Crippen molar-refractivity contribution in [3.63, 3.8) is 0 Å². The van der Waals surface area contributed by atoms with E-state index in [2.05, 4.69) is 10.6 Å². The summed E-state index contributed by atoms with van der Waals surface area (Å²) in [6, 6.07) is 10.4. The van der Waals surface area contributed by atoms with Gasteiger partial charge in [-0.05, 0) is 30.3 Å². The zero-order valence-corrected chi connectivity index (χ0v) is 10.5. The van der Waals surface area contributed by atoms with Gasteiger partial charge in [-0.1, -0.05) is 23.7 Å². The molecule has 2 aromatic carbocycles. The molecule has 0 unspecified atom stereocenters. The number of nitrogen functional groups attached to an aromatic ring is 1. The molecule has 0 aliphatic heterocycles. The predicted molar refractivity (Wildman–Crippen MR) is 74.9 cm³/mol. The van der Waals surface area contributed by atoms with E-state index < -0.39 is 11.8 Å². The van der Waals surface area contributed by atoms with Gasteiger partial charge in [0.25, 0.3) is 0 Å². The van der Waals surface area contributed by atoms with Crippen LogP contribution < -0.4 is 16.4 Å². The van der Waals surface area contributed by atoms with E-state index in [1.165, 1.54) is 12.1 Å². The Morgan fingerprint density at radius 1 is 1.16 bits per heavy atom. The third-order valence-electron chi connectivity index (χ3n) is 2.34. The molecule has 0 aliphatic carbocycles. The molecule has 4 N–H and O–H groups in total. The summed E-state index contributed by atoms with van der Waals surface area (Å²) in [6.07, 6.45) is 0. The van der Waals surface area contributed by atoms with Crippen LogP contribution in [0.25, 0.3) is 0 Å². The van der Waals surface area contributed by atoms with Crippen LogP contribution in [0.3, 0.4) is 0 Å². The highest BCUT2D eigenvalue weighted by Crippen LogP contribution is 2.22. The molecule has 0 saturated carbocycles. The standard InChI is InChI=1S/C13H11ClFN3O/c14-10-5-2-6-11(12(10)15)18-13(19)17-9-4-1-3-8(16)7-9/h1-7H,16H2,(H2,17,18,19). The van der Waals surface area contributed by atoms with E-state index in [4.69, 9.17) is 17.3 Å². The third-order valence-corrected chi connectivity index (χ3v) is 2.64. The van der Waals surface area contributed by atoms with Crippen LogP contribution in [0.2, 0.25) is 5.02 Å². The van der Waals surface area contributed by atoms with Crippen LogP contribution in [0.5, 0.6) is 0 Å². The molecule has 0 atom stereocenters. The van der Waals surface area contributed by atoms with Crippen molar-refractivity contribution in [1.29, 1.82) is 0 Å². The van der Waals surface area contributed by atoms with Crippen LogP contribution in [-0.4, -0.2) is 6.03 Å². The van der Waals surface area contributed by atoms with Gasteiger partial charge in [0.15, 0.2) is 5.82 Å². The topological polar surface area (TPSA) is 67.1 Å². The number of amides is 2. The van der Waals surface area contributed by atoms with Gasteiger partial charge in [0, 0.05) is 11.4 Å². The average Bonchev–Trinajstić information content (AvgIpc) is 2.35. The summed E-state index contributed by atoms with van der Waals surface area (Å²) in [5.41, 5.74) is 6.62. The van der Waals surface area contributed by atoms with Gasteiger partial charge >= 0.3 is 6.03 Å². The number of benzene rings is 2. The lowest BCUT2D eigenvalue weighted by molar-refractivity contribution is 0.262. The number of carbonyl (C=O) groups is 1. The Morgan fingerprint density at radius 3 is 2.63 bits per heavy atom. The second-order valence-electron chi connectivity index (χ2n) is 3.81. The fourth-order valence-electron chi connectivity index (χ4n) is 1.50. The van der Waals surface area contributed by atoms with Crippen molar-refractivity contribution in [3.05, 3.63) is 53.3 Å². The van der Waals surface area contributed by atoms with Gasteiger partial charge in [-0.2, -0.15) is 0 Å². The second kappa shape index (κ2) is 5.58. The van der Waals surface area contributed by atoms with Crippen molar-refractivity contribution in [3.8, 4) is 0 Å². The molecule has 0 saturated heterocycles. The molecular formula is C13H11ClFN3O. The van der Waals surface area contributed by atoms with Crippen LogP contribution in [0, 0.1) is 5.82 Å². The lowest BCUT2D eigenvalue weighted by Crippen LogP contribution is -2.20. The molecule has 98 valence electrons. The summed E-state index contributed by atoms with van der Waals surface area (Å²) < 4.78 is 13.6. The number of hydrogen-bond acceptors (Lipinski definition) is 2. The molecule has 2 amide bonds. The van der Waals surface area contributed by atoms with Gasteiger partial charge in [0.1, 0.15) is 0 Å². The minimum atomic E-state index is -0.674. The Kier molecular flexibility index (Phi) is 3.87. The SMILES string of the molecule is Nc1cccc(NC(=O)Nc2cccc(Cl)c2F)c1. The van der Waals surface area contributed by atoms with E-state index in [9.17, 15) is 9.18 Å². The molecule has 2 aromatic rings. The molecule has 19 heavy (non-hydrogen) atoms. The summed E-state index contributed by atoms with van der Waals surface area (Å²) in [6.45, 7) is 0. The van der Waals surface area contributed by atoms with Gasteiger partial charge in [-0.25, -0.2) is 9.18 Å². The fourth-order valence-corrected chi connectivity index (χ4v) is 1.68. The third kappa shape index (κ3) is 3.35. The lowest BCUT2D eigenvalue weighted by atomic mass is 10.3. The van der Waals surface area contributed by atoms with Gasteiger partial charge in [0.2, 0.25) is 0 Å². The Balaban J connectivity index is 2.08. The zero-order chi connectivity index (χ0) is 13.8. The molecule has 0 bridgehead atoms. The number of nitrogens with two attached hydrogens (primary N) is 1. The van der Waals surface area contributed by atoms with E-state index in [1.54, 1.807) is 30.3 Å². The van der Waals surface area contributed by atoms with Gasteiger partial charge < -0.3 is 16.4 Å². The minimum absolute atomic E-state index is 0.00824. The number of nitrogens with one attached hydrogen (secondary N) is 2. The largest absolute Gasteiger partial charge is 0.399 e. The van der Waals surface area contributed by atoms with E-state index in [0.29, 0.717) is 11.4 Å². The summed E-state index contributed by atoms with van der Waals surface area (Å²) in [5, 5.41) is 4.85. The van der Waals surface area contributed by atoms with E-state index >= 15 is 0 Å². The molecule has 0 aromatic heterocycles. The first-order chi connectivity index (χ1) is 9.06. The maximum Gasteiger partial charge on any atom is 0.323 e. The molecule has 0 radical (unpaired) electrons. The molecule has 0 fully saturated rings. The highest BCUT2D eigenvalue weighted by atomic mass is 35.5. The lowest BCUT2D eigenvalue weighted by Gasteiger charge is -2.09. The van der Waals surface area contributed by atoms with Crippen molar-refractivity contribution in [2.24, 2.45) is 0 Å².